The quantitative estimate of drug-likeness (QED) is 0.534. The number of hydrogen-bond donors (Lipinski definition) is 1. The third-order valence-corrected chi connectivity index (χ3v) is 5.31. The molecule has 0 saturated heterocycles. The van der Waals surface area contributed by atoms with E-state index in [1.807, 2.05) is 20.8 Å². The highest BCUT2D eigenvalue weighted by molar-refractivity contribution is 5.98. The van der Waals surface area contributed by atoms with Crippen LogP contribution in [0.2, 0.25) is 0 Å². The first-order valence-electron chi connectivity index (χ1n) is 10.2. The summed E-state index contributed by atoms with van der Waals surface area (Å²) in [5.41, 5.74) is 5.12. The van der Waals surface area contributed by atoms with E-state index in [0.29, 0.717) is 19.8 Å². The normalized spacial score (nSPS) is 14.2. The molecule has 1 N–H and O–H groups in total. The van der Waals surface area contributed by atoms with Gasteiger partial charge in [-0.05, 0) is 58.1 Å². The number of benzene rings is 1. The van der Waals surface area contributed by atoms with Gasteiger partial charge in [-0.3, -0.25) is 4.79 Å². The highest BCUT2D eigenvalue weighted by Crippen LogP contribution is 2.41. The maximum Gasteiger partial charge on any atom is 0.244 e. The first-order valence-corrected chi connectivity index (χ1v) is 10.2. The van der Waals surface area contributed by atoms with Crippen LogP contribution < -0.4 is 10.1 Å². The molecule has 3 rings (SSSR count). The summed E-state index contributed by atoms with van der Waals surface area (Å²) in [7, 11) is 1.66. The monoisotopic (exact) mass is 385 g/mol. The van der Waals surface area contributed by atoms with Crippen LogP contribution in [0.5, 0.6) is 5.75 Å². The Hall–Kier alpha value is -2.27. The van der Waals surface area contributed by atoms with Crippen molar-refractivity contribution < 1.29 is 18.7 Å². The minimum atomic E-state index is -0.0944. The molecule has 0 saturated carbocycles. The van der Waals surface area contributed by atoms with Gasteiger partial charge in [0.15, 0.2) is 0 Å². The van der Waals surface area contributed by atoms with E-state index in [4.69, 9.17) is 13.9 Å². The first kappa shape index (κ1) is 20.5. The summed E-state index contributed by atoms with van der Waals surface area (Å²) in [6.45, 7) is 7.79. The smallest absolute Gasteiger partial charge is 0.244 e. The Bertz CT molecular complexity index is 879. The number of nitrogens with one attached hydrogen (secondary N) is 1. The number of carbonyl (C=O) groups excluding carboxylic acids is 1. The van der Waals surface area contributed by atoms with Crippen molar-refractivity contribution in [2.45, 2.75) is 52.9 Å². The van der Waals surface area contributed by atoms with Gasteiger partial charge in [0.2, 0.25) is 5.91 Å². The maximum absolute atomic E-state index is 12.3. The van der Waals surface area contributed by atoms with Gasteiger partial charge in [-0.15, -0.1) is 0 Å². The number of fused-ring (bicyclic) bond motifs is 3. The average Bonchev–Trinajstić information content (AvgIpc) is 3.06. The average molecular weight is 386 g/mol. The molecular weight excluding hydrogens is 354 g/mol. The van der Waals surface area contributed by atoms with E-state index in [0.717, 1.165) is 53.1 Å². The SMILES string of the molecule is CCOc1c(/C(C)=C/C(=O)NCCCOC)cc2c3c(oc2c1C)CCCC3. The van der Waals surface area contributed by atoms with Crippen LogP contribution in [-0.2, 0) is 22.4 Å². The Morgan fingerprint density at radius 1 is 1.32 bits per heavy atom. The zero-order valence-electron chi connectivity index (χ0n) is 17.4. The molecule has 1 aliphatic rings. The van der Waals surface area contributed by atoms with Gasteiger partial charge in [0, 0.05) is 54.8 Å². The van der Waals surface area contributed by atoms with Crippen LogP contribution in [0.4, 0.5) is 0 Å². The molecule has 1 heterocycles. The molecule has 152 valence electrons. The van der Waals surface area contributed by atoms with Crippen molar-refractivity contribution in [2.75, 3.05) is 26.9 Å². The van der Waals surface area contributed by atoms with E-state index < -0.39 is 0 Å². The molecule has 0 unspecified atom stereocenters. The second-order valence-corrected chi connectivity index (χ2v) is 7.36. The minimum absolute atomic E-state index is 0.0944. The van der Waals surface area contributed by atoms with Gasteiger partial charge in [0.1, 0.15) is 17.1 Å². The van der Waals surface area contributed by atoms with Crippen molar-refractivity contribution in [1.82, 2.24) is 5.32 Å². The molecule has 5 nitrogen and oxygen atoms in total. The van der Waals surface area contributed by atoms with Crippen LogP contribution in [0.1, 0.15) is 55.6 Å². The summed E-state index contributed by atoms with van der Waals surface area (Å²) in [4.78, 5) is 12.3. The molecule has 28 heavy (non-hydrogen) atoms. The van der Waals surface area contributed by atoms with Crippen molar-refractivity contribution in [1.29, 1.82) is 0 Å². The summed E-state index contributed by atoms with van der Waals surface area (Å²) in [6, 6.07) is 2.14. The van der Waals surface area contributed by atoms with Gasteiger partial charge in [0.25, 0.3) is 0 Å². The third kappa shape index (κ3) is 4.25. The second kappa shape index (κ2) is 9.28. The molecule has 0 atom stereocenters. The maximum atomic E-state index is 12.3. The molecule has 5 heteroatoms. The van der Waals surface area contributed by atoms with E-state index in [9.17, 15) is 4.79 Å². The lowest BCUT2D eigenvalue weighted by Crippen LogP contribution is -2.23. The van der Waals surface area contributed by atoms with Crippen molar-refractivity contribution in [3.63, 3.8) is 0 Å². The summed E-state index contributed by atoms with van der Waals surface area (Å²) in [6.07, 6.45) is 6.88. The van der Waals surface area contributed by atoms with E-state index >= 15 is 0 Å². The Morgan fingerprint density at radius 2 is 2.11 bits per heavy atom. The summed E-state index contributed by atoms with van der Waals surface area (Å²) in [5, 5.41) is 4.08. The molecule has 1 aromatic carbocycles. The summed E-state index contributed by atoms with van der Waals surface area (Å²) >= 11 is 0. The molecule has 0 fully saturated rings. The number of amides is 1. The molecular formula is C23H31NO4. The van der Waals surface area contributed by atoms with Crippen molar-refractivity contribution in [2.24, 2.45) is 0 Å². The van der Waals surface area contributed by atoms with Gasteiger partial charge in [0.05, 0.1) is 6.61 Å². The fraction of sp³-hybridized carbons (Fsp3) is 0.522. The summed E-state index contributed by atoms with van der Waals surface area (Å²) < 4.78 is 17.2. The van der Waals surface area contributed by atoms with Gasteiger partial charge < -0.3 is 19.2 Å². The van der Waals surface area contributed by atoms with E-state index in [1.54, 1.807) is 13.2 Å². The Morgan fingerprint density at radius 3 is 2.86 bits per heavy atom. The minimum Gasteiger partial charge on any atom is -0.493 e. The lowest BCUT2D eigenvalue weighted by molar-refractivity contribution is -0.116. The van der Waals surface area contributed by atoms with E-state index in [1.165, 1.54) is 23.8 Å². The van der Waals surface area contributed by atoms with Crippen LogP contribution in [0, 0.1) is 6.92 Å². The molecule has 1 aromatic heterocycles. The molecule has 0 bridgehead atoms. The van der Waals surface area contributed by atoms with Crippen molar-refractivity contribution in [3.8, 4) is 5.75 Å². The lowest BCUT2D eigenvalue weighted by atomic mass is 9.93. The molecule has 1 aliphatic carbocycles. The number of ether oxygens (including phenoxy) is 2. The summed E-state index contributed by atoms with van der Waals surface area (Å²) in [5.74, 6) is 1.83. The molecule has 0 radical (unpaired) electrons. The Balaban J connectivity index is 1.97. The fourth-order valence-corrected chi connectivity index (χ4v) is 3.91. The largest absolute Gasteiger partial charge is 0.493 e. The van der Waals surface area contributed by atoms with E-state index in [2.05, 4.69) is 11.4 Å². The Kier molecular flexibility index (Phi) is 6.79. The van der Waals surface area contributed by atoms with Crippen molar-refractivity contribution >= 4 is 22.4 Å². The van der Waals surface area contributed by atoms with Crippen LogP contribution in [0.25, 0.3) is 16.5 Å². The van der Waals surface area contributed by atoms with E-state index in [-0.39, 0.29) is 5.91 Å². The van der Waals surface area contributed by atoms with Crippen molar-refractivity contribution in [3.05, 3.63) is 34.6 Å². The number of methoxy groups -OCH3 is 1. The highest BCUT2D eigenvalue weighted by atomic mass is 16.5. The molecule has 2 aromatic rings. The molecule has 0 spiro atoms. The first-order chi connectivity index (χ1) is 13.6. The van der Waals surface area contributed by atoms with Crippen LogP contribution >= 0.6 is 0 Å². The number of rotatable bonds is 8. The molecule has 1 amide bonds. The fourth-order valence-electron chi connectivity index (χ4n) is 3.91. The van der Waals surface area contributed by atoms with Crippen LogP contribution in [0.15, 0.2) is 16.6 Å². The number of hydrogen-bond acceptors (Lipinski definition) is 4. The predicted molar refractivity (Wildman–Crippen MR) is 112 cm³/mol. The predicted octanol–water partition coefficient (Wildman–Crippen LogP) is 4.57. The third-order valence-electron chi connectivity index (χ3n) is 5.31. The lowest BCUT2D eigenvalue weighted by Gasteiger charge is -2.15. The standard InChI is InChI=1S/C23H31NO4/c1-5-27-22-16(3)23-19(17-9-6-7-10-20(17)28-23)14-18(22)15(2)13-21(25)24-11-8-12-26-4/h13-14H,5-12H2,1-4H3,(H,24,25)/b15-13+. The van der Waals surface area contributed by atoms with Crippen LogP contribution in [0.3, 0.4) is 0 Å². The zero-order chi connectivity index (χ0) is 20.1. The zero-order valence-corrected chi connectivity index (χ0v) is 17.4. The topological polar surface area (TPSA) is 60.7 Å². The van der Waals surface area contributed by atoms with Gasteiger partial charge in [-0.1, -0.05) is 0 Å². The van der Waals surface area contributed by atoms with Gasteiger partial charge in [-0.25, -0.2) is 0 Å². The number of aryl methyl sites for hydroxylation is 3. The molecule has 0 aliphatic heterocycles. The number of carbonyl (C=O) groups is 1. The van der Waals surface area contributed by atoms with Crippen LogP contribution in [-0.4, -0.2) is 32.8 Å². The number of allylic oxidation sites excluding steroid dienone is 1. The highest BCUT2D eigenvalue weighted by Gasteiger charge is 2.23. The number of furan rings is 1. The van der Waals surface area contributed by atoms with Gasteiger partial charge in [-0.2, -0.15) is 0 Å². The second-order valence-electron chi connectivity index (χ2n) is 7.36. The van der Waals surface area contributed by atoms with Gasteiger partial charge >= 0.3 is 0 Å². The Labute approximate surface area is 167 Å².